The number of benzene rings is 1. The molecule has 1 fully saturated rings. The van der Waals surface area contributed by atoms with Crippen molar-refractivity contribution in [1.29, 1.82) is 0 Å². The highest BCUT2D eigenvalue weighted by Crippen LogP contribution is 2.14. The number of guanidine groups is 1. The van der Waals surface area contributed by atoms with E-state index in [-0.39, 0.29) is 17.9 Å². The van der Waals surface area contributed by atoms with Crippen LogP contribution in [0.15, 0.2) is 40.2 Å². The Morgan fingerprint density at radius 3 is 2.48 bits per heavy atom. The van der Waals surface area contributed by atoms with E-state index in [1.165, 1.54) is 0 Å². The van der Waals surface area contributed by atoms with Crippen molar-refractivity contribution in [3.63, 3.8) is 0 Å². The van der Waals surface area contributed by atoms with Crippen LogP contribution in [0.5, 0.6) is 0 Å². The summed E-state index contributed by atoms with van der Waals surface area (Å²) in [7, 11) is -3.35. The second-order valence-corrected chi connectivity index (χ2v) is 8.39. The molecule has 1 aliphatic rings. The lowest BCUT2D eigenvalue weighted by molar-refractivity contribution is 0.107. The van der Waals surface area contributed by atoms with Gasteiger partial charge in [0.2, 0.25) is 0 Å². The topological polar surface area (TPSA) is 82.0 Å². The zero-order valence-electron chi connectivity index (χ0n) is 15.1. The van der Waals surface area contributed by atoms with E-state index in [1.54, 1.807) is 24.3 Å². The molecule has 2 rings (SSSR count). The Balaban J connectivity index is 2.07. The first-order valence-corrected chi connectivity index (χ1v) is 10.6. The molecule has 1 atom stereocenters. The van der Waals surface area contributed by atoms with E-state index in [2.05, 4.69) is 15.2 Å². The molecule has 1 aromatic carbocycles. The number of aliphatic imine (C=N–C) groups is 1. The number of sulfone groups is 1. The van der Waals surface area contributed by atoms with Crippen LogP contribution in [0.4, 0.5) is 0 Å². The number of aliphatic hydroxyl groups excluding tert-OH is 1. The molecule has 0 spiro atoms. The summed E-state index contributed by atoms with van der Waals surface area (Å²) < 4.78 is 25.3. The van der Waals surface area contributed by atoms with Crippen LogP contribution in [-0.4, -0.2) is 61.9 Å². The summed E-state index contributed by atoms with van der Waals surface area (Å²) >= 11 is 0. The molecule has 0 radical (unpaired) electrons. The van der Waals surface area contributed by atoms with Crippen LogP contribution >= 0.6 is 0 Å². The molecule has 0 aromatic heterocycles. The molecule has 0 aliphatic carbocycles. The number of rotatable bonds is 6. The van der Waals surface area contributed by atoms with Gasteiger partial charge in [0.15, 0.2) is 15.8 Å². The number of nitrogens with one attached hydrogen (secondary N) is 1. The maximum absolute atomic E-state index is 12.6. The third kappa shape index (κ3) is 5.71. The molecule has 25 heavy (non-hydrogen) atoms. The minimum atomic E-state index is -3.35. The summed E-state index contributed by atoms with van der Waals surface area (Å²) in [6, 6.07) is 8.35. The first-order chi connectivity index (χ1) is 12.0. The molecule has 0 bridgehead atoms. The Bertz CT molecular complexity index is 653. The zero-order chi connectivity index (χ0) is 18.3. The summed E-state index contributed by atoms with van der Waals surface area (Å²) in [6.45, 7) is 6.02. The van der Waals surface area contributed by atoms with Gasteiger partial charge in [0.05, 0.1) is 16.8 Å². The molecule has 1 unspecified atom stereocenters. The number of hydrogen-bond acceptors (Lipinski definition) is 4. The third-order valence-corrected chi connectivity index (χ3v) is 6.25. The molecule has 1 heterocycles. The monoisotopic (exact) mass is 367 g/mol. The summed E-state index contributed by atoms with van der Waals surface area (Å²) in [5.41, 5.74) is 0. The lowest BCUT2D eigenvalue weighted by Crippen LogP contribution is -2.51. The van der Waals surface area contributed by atoms with Crippen molar-refractivity contribution >= 4 is 15.8 Å². The highest BCUT2D eigenvalue weighted by molar-refractivity contribution is 7.91. The van der Waals surface area contributed by atoms with E-state index in [4.69, 9.17) is 0 Å². The van der Waals surface area contributed by atoms with Crippen LogP contribution in [0, 0.1) is 0 Å². The van der Waals surface area contributed by atoms with Crippen LogP contribution in [-0.2, 0) is 9.84 Å². The fourth-order valence-electron chi connectivity index (χ4n) is 2.90. The SMILES string of the molecule is CCN=C(NC(CC)CS(=O)(=O)c1ccccc1)N1CCC(O)CC1. The van der Waals surface area contributed by atoms with E-state index in [9.17, 15) is 13.5 Å². The van der Waals surface area contributed by atoms with E-state index in [1.807, 2.05) is 19.9 Å². The number of aliphatic hydroxyl groups is 1. The summed E-state index contributed by atoms with van der Waals surface area (Å²) in [4.78, 5) is 6.98. The van der Waals surface area contributed by atoms with Crippen molar-refractivity contribution < 1.29 is 13.5 Å². The van der Waals surface area contributed by atoms with Crippen molar-refractivity contribution in [2.75, 3.05) is 25.4 Å². The minimum Gasteiger partial charge on any atom is -0.393 e. The molecular weight excluding hydrogens is 338 g/mol. The van der Waals surface area contributed by atoms with Gasteiger partial charge < -0.3 is 15.3 Å². The van der Waals surface area contributed by atoms with E-state index >= 15 is 0 Å². The standard InChI is InChI=1S/C18H29N3O3S/c1-3-15(14-25(23,24)17-8-6-5-7-9-17)20-18(19-4-2)21-12-10-16(22)11-13-21/h5-9,15-16,22H,3-4,10-14H2,1-2H3,(H,19,20). The van der Waals surface area contributed by atoms with E-state index in [0.717, 1.165) is 19.0 Å². The maximum atomic E-state index is 12.6. The van der Waals surface area contributed by atoms with Gasteiger partial charge in [-0.15, -0.1) is 0 Å². The maximum Gasteiger partial charge on any atom is 0.194 e. The summed E-state index contributed by atoms with van der Waals surface area (Å²) in [5.74, 6) is 0.775. The number of likely N-dealkylation sites (tertiary alicyclic amines) is 1. The number of piperidine rings is 1. The normalized spacial score (nSPS) is 18.2. The van der Waals surface area contributed by atoms with Crippen LogP contribution < -0.4 is 5.32 Å². The fraction of sp³-hybridized carbons (Fsp3) is 0.611. The average Bonchev–Trinajstić information content (AvgIpc) is 2.62. The van der Waals surface area contributed by atoms with Crippen molar-refractivity contribution in [3.05, 3.63) is 30.3 Å². The molecule has 140 valence electrons. The first kappa shape index (κ1) is 19.7. The molecular formula is C18H29N3O3S. The summed E-state index contributed by atoms with van der Waals surface area (Å²) in [5, 5.41) is 13.0. The van der Waals surface area contributed by atoms with Crippen molar-refractivity contribution in [1.82, 2.24) is 10.2 Å². The Kier molecular flexibility index (Phi) is 7.25. The Hall–Kier alpha value is -1.60. The van der Waals surface area contributed by atoms with Crippen LogP contribution in [0.3, 0.4) is 0 Å². The van der Waals surface area contributed by atoms with Crippen LogP contribution in [0.25, 0.3) is 0 Å². The largest absolute Gasteiger partial charge is 0.393 e. The van der Waals surface area contributed by atoms with E-state index in [0.29, 0.717) is 30.7 Å². The van der Waals surface area contributed by atoms with E-state index < -0.39 is 9.84 Å². The smallest absolute Gasteiger partial charge is 0.194 e. The van der Waals surface area contributed by atoms with Gasteiger partial charge in [-0.3, -0.25) is 4.99 Å². The van der Waals surface area contributed by atoms with Crippen molar-refractivity contribution in [3.8, 4) is 0 Å². The number of hydrogen-bond donors (Lipinski definition) is 2. The third-order valence-electron chi connectivity index (χ3n) is 4.42. The molecule has 2 N–H and O–H groups in total. The van der Waals surface area contributed by atoms with Gasteiger partial charge in [0.1, 0.15) is 0 Å². The Labute approximate surface area is 150 Å². The van der Waals surface area contributed by atoms with Gasteiger partial charge in [-0.1, -0.05) is 25.1 Å². The predicted molar refractivity (Wildman–Crippen MR) is 100 cm³/mol. The van der Waals surface area contributed by atoms with Crippen LogP contribution in [0.1, 0.15) is 33.1 Å². The second-order valence-electron chi connectivity index (χ2n) is 6.36. The molecule has 0 saturated carbocycles. The fourth-order valence-corrected chi connectivity index (χ4v) is 4.51. The van der Waals surface area contributed by atoms with Gasteiger partial charge in [-0.25, -0.2) is 8.42 Å². The second kappa shape index (κ2) is 9.20. The molecule has 6 nitrogen and oxygen atoms in total. The predicted octanol–water partition coefficient (Wildman–Crippen LogP) is 1.66. The van der Waals surface area contributed by atoms with Gasteiger partial charge in [-0.2, -0.15) is 0 Å². The van der Waals surface area contributed by atoms with Gasteiger partial charge >= 0.3 is 0 Å². The Morgan fingerprint density at radius 2 is 1.92 bits per heavy atom. The van der Waals surface area contributed by atoms with Gasteiger partial charge in [0, 0.05) is 25.7 Å². The highest BCUT2D eigenvalue weighted by atomic mass is 32.2. The summed E-state index contributed by atoms with van der Waals surface area (Å²) in [6.07, 6.45) is 1.86. The van der Waals surface area contributed by atoms with Gasteiger partial charge in [0.25, 0.3) is 0 Å². The van der Waals surface area contributed by atoms with Crippen molar-refractivity contribution in [2.24, 2.45) is 4.99 Å². The quantitative estimate of drug-likeness (QED) is 0.590. The minimum absolute atomic E-state index is 0.0344. The molecule has 0 amide bonds. The number of nitrogens with zero attached hydrogens (tertiary/aromatic N) is 2. The lowest BCUT2D eigenvalue weighted by Gasteiger charge is -2.34. The molecule has 1 aromatic rings. The Morgan fingerprint density at radius 1 is 1.28 bits per heavy atom. The molecule has 7 heteroatoms. The molecule has 1 saturated heterocycles. The zero-order valence-corrected chi connectivity index (χ0v) is 15.9. The lowest BCUT2D eigenvalue weighted by atomic mass is 10.1. The highest BCUT2D eigenvalue weighted by Gasteiger charge is 2.24. The first-order valence-electron chi connectivity index (χ1n) is 8.98. The van der Waals surface area contributed by atoms with Crippen LogP contribution in [0.2, 0.25) is 0 Å². The molecule has 1 aliphatic heterocycles. The average molecular weight is 368 g/mol. The van der Waals surface area contributed by atoms with Crippen molar-refractivity contribution in [2.45, 2.75) is 50.2 Å². The van der Waals surface area contributed by atoms with Gasteiger partial charge in [-0.05, 0) is 38.3 Å².